The van der Waals surface area contributed by atoms with Gasteiger partial charge in [0, 0.05) is 37.6 Å². The van der Waals surface area contributed by atoms with Gasteiger partial charge in [-0.05, 0) is 67.5 Å². The van der Waals surface area contributed by atoms with Crippen LogP contribution in [0, 0.1) is 12.8 Å². The number of aryl methyl sites for hydroxylation is 1. The summed E-state index contributed by atoms with van der Waals surface area (Å²) >= 11 is 1.40. The number of amides is 1. The number of carbonyl (C=O) groups is 1. The van der Waals surface area contributed by atoms with Crippen molar-refractivity contribution in [1.29, 1.82) is 0 Å². The van der Waals surface area contributed by atoms with Crippen LogP contribution >= 0.6 is 11.5 Å². The van der Waals surface area contributed by atoms with Crippen molar-refractivity contribution in [2.45, 2.75) is 52.5 Å². The second-order valence-corrected chi connectivity index (χ2v) is 12.1. The van der Waals surface area contributed by atoms with Gasteiger partial charge in [-0.3, -0.25) is 18.8 Å². The van der Waals surface area contributed by atoms with Crippen LogP contribution in [0.15, 0.2) is 55.1 Å². The van der Waals surface area contributed by atoms with E-state index in [4.69, 9.17) is 0 Å². The van der Waals surface area contributed by atoms with Crippen molar-refractivity contribution >= 4 is 33.9 Å². The summed E-state index contributed by atoms with van der Waals surface area (Å²) < 4.78 is 46.4. The van der Waals surface area contributed by atoms with Gasteiger partial charge in [0.05, 0.1) is 35.0 Å². The molecule has 4 aromatic heterocycles. The summed E-state index contributed by atoms with van der Waals surface area (Å²) in [6.45, 7) is 7.31. The fraction of sp³-hybridized carbons (Fsp3) is 0.367. The second kappa shape index (κ2) is 12.4. The van der Waals surface area contributed by atoms with E-state index >= 15 is 0 Å². The van der Waals surface area contributed by atoms with Gasteiger partial charge >= 0.3 is 6.18 Å². The monoisotopic (exact) mass is 623 g/mol. The third-order valence-electron chi connectivity index (χ3n) is 7.55. The first kappa shape index (κ1) is 29.8. The van der Waals surface area contributed by atoms with Crippen LogP contribution in [0.2, 0.25) is 0 Å². The molecule has 6 rings (SSSR count). The smallest absolute Gasteiger partial charge is 0.350 e. The summed E-state index contributed by atoms with van der Waals surface area (Å²) in [7, 11) is 0. The Morgan fingerprint density at radius 3 is 2.75 bits per heavy atom. The number of fused-ring (bicyclic) bond motifs is 1. The van der Waals surface area contributed by atoms with Crippen LogP contribution in [0.5, 0.6) is 0 Å². The summed E-state index contributed by atoms with van der Waals surface area (Å²) in [6, 6.07) is 6.77. The maximum Gasteiger partial charge on any atom is 0.416 e. The molecule has 1 amide bonds. The Kier molecular flexibility index (Phi) is 8.36. The molecule has 2 N–H and O–H groups in total. The number of imidazole rings is 1. The van der Waals surface area contributed by atoms with Crippen molar-refractivity contribution in [2.24, 2.45) is 5.92 Å². The van der Waals surface area contributed by atoms with Gasteiger partial charge in [0.25, 0.3) is 0 Å². The average Bonchev–Trinajstić information content (AvgIpc) is 3.72. The summed E-state index contributed by atoms with van der Waals surface area (Å²) in [6.07, 6.45) is 5.16. The van der Waals surface area contributed by atoms with Crippen molar-refractivity contribution in [2.75, 3.05) is 18.4 Å². The number of nitrogens with zero attached hydrogens (tertiary/aromatic N) is 7. The van der Waals surface area contributed by atoms with Gasteiger partial charge in [-0.15, -0.1) is 0 Å². The normalized spacial score (nSPS) is 16.0. The average molecular weight is 624 g/mol. The van der Waals surface area contributed by atoms with E-state index in [1.165, 1.54) is 41.2 Å². The Hall–Kier alpha value is -4.30. The number of halogens is 3. The fourth-order valence-corrected chi connectivity index (χ4v) is 6.08. The van der Waals surface area contributed by atoms with Gasteiger partial charge in [0.15, 0.2) is 11.5 Å². The summed E-state index contributed by atoms with van der Waals surface area (Å²) in [4.78, 5) is 24.3. The predicted octanol–water partition coefficient (Wildman–Crippen LogP) is 5.67. The van der Waals surface area contributed by atoms with E-state index in [2.05, 4.69) is 48.0 Å². The molecule has 1 aromatic carbocycles. The van der Waals surface area contributed by atoms with Crippen molar-refractivity contribution in [3.8, 4) is 11.3 Å². The Labute approximate surface area is 256 Å². The Morgan fingerprint density at radius 2 is 1.98 bits per heavy atom. The van der Waals surface area contributed by atoms with E-state index in [-0.39, 0.29) is 19.0 Å². The summed E-state index contributed by atoms with van der Waals surface area (Å²) in [5.74, 6) is 1.01. The molecule has 1 saturated heterocycles. The predicted molar refractivity (Wildman–Crippen MR) is 161 cm³/mol. The molecule has 230 valence electrons. The van der Waals surface area contributed by atoms with Crippen LogP contribution in [0.25, 0.3) is 16.9 Å². The molecule has 0 aliphatic carbocycles. The quantitative estimate of drug-likeness (QED) is 0.218. The molecular weight excluding hydrogens is 591 g/mol. The minimum absolute atomic E-state index is 0.0468. The highest BCUT2D eigenvalue weighted by Crippen LogP contribution is 2.30. The molecule has 0 bridgehead atoms. The Bertz CT molecular complexity index is 1760. The van der Waals surface area contributed by atoms with E-state index < -0.39 is 11.7 Å². The first-order valence-electron chi connectivity index (χ1n) is 14.4. The number of rotatable bonds is 9. The highest BCUT2D eigenvalue weighted by atomic mass is 32.1. The van der Waals surface area contributed by atoms with E-state index in [1.807, 2.05) is 17.5 Å². The molecule has 1 fully saturated rings. The largest absolute Gasteiger partial charge is 0.416 e. The topological polar surface area (TPSA) is 105 Å². The summed E-state index contributed by atoms with van der Waals surface area (Å²) in [5, 5.41) is 11.3. The van der Waals surface area contributed by atoms with Crippen molar-refractivity contribution in [3.63, 3.8) is 0 Å². The minimum atomic E-state index is -4.40. The molecule has 5 aromatic rings. The lowest BCUT2D eigenvalue weighted by molar-refractivity contribution is -0.137. The third-order valence-corrected chi connectivity index (χ3v) is 8.29. The van der Waals surface area contributed by atoms with Gasteiger partial charge in [-0.1, -0.05) is 19.1 Å². The maximum atomic E-state index is 12.8. The number of benzene rings is 1. The zero-order chi connectivity index (χ0) is 30.8. The van der Waals surface area contributed by atoms with Crippen LogP contribution in [-0.2, 0) is 30.6 Å². The first-order chi connectivity index (χ1) is 21.1. The van der Waals surface area contributed by atoms with Crippen LogP contribution in [0.4, 0.5) is 24.0 Å². The van der Waals surface area contributed by atoms with E-state index in [0.29, 0.717) is 22.9 Å². The van der Waals surface area contributed by atoms with Crippen LogP contribution in [-0.4, -0.2) is 52.4 Å². The lowest BCUT2D eigenvalue weighted by Gasteiger charge is -2.30. The highest BCUT2D eigenvalue weighted by molar-refractivity contribution is 7.10. The zero-order valence-electron chi connectivity index (χ0n) is 24.3. The van der Waals surface area contributed by atoms with E-state index in [1.54, 1.807) is 18.6 Å². The van der Waals surface area contributed by atoms with Gasteiger partial charge in [0.1, 0.15) is 11.5 Å². The molecule has 0 saturated carbocycles. The molecule has 44 heavy (non-hydrogen) atoms. The van der Waals surface area contributed by atoms with Gasteiger partial charge in [-0.2, -0.15) is 22.6 Å². The molecular formula is C30H32F3N9OS. The van der Waals surface area contributed by atoms with Gasteiger partial charge in [0.2, 0.25) is 5.91 Å². The number of carbonyl (C=O) groups excluding carboxylic acids is 1. The lowest BCUT2D eigenvalue weighted by atomic mass is 10.0. The first-order valence-corrected chi connectivity index (χ1v) is 15.1. The van der Waals surface area contributed by atoms with Gasteiger partial charge in [-0.25, -0.2) is 9.97 Å². The lowest BCUT2D eigenvalue weighted by Crippen LogP contribution is -2.33. The SMILES string of the molecule is Cc1cn2c(-c3cnn(CC(=O)NCc4ccc(C(F)(F)F)cc4)c3)cnc2c(Nc2cc(CN3CCCC(C)C3)ns2)n1. The van der Waals surface area contributed by atoms with Crippen LogP contribution in [0.1, 0.15) is 42.3 Å². The molecule has 0 spiro atoms. The minimum Gasteiger partial charge on any atom is -0.350 e. The number of anilines is 2. The number of likely N-dealkylation sites (tertiary alicyclic amines) is 1. The number of hydrogen-bond acceptors (Lipinski definition) is 8. The number of nitrogens with one attached hydrogen (secondary N) is 2. The molecule has 14 heteroatoms. The molecule has 1 aliphatic heterocycles. The number of piperidine rings is 1. The molecule has 1 aliphatic rings. The maximum absolute atomic E-state index is 12.8. The van der Waals surface area contributed by atoms with Crippen molar-refractivity contribution < 1.29 is 18.0 Å². The Morgan fingerprint density at radius 1 is 1.16 bits per heavy atom. The summed E-state index contributed by atoms with van der Waals surface area (Å²) in [5.41, 5.74) is 3.87. The number of hydrogen-bond donors (Lipinski definition) is 2. The third kappa shape index (κ3) is 6.91. The van der Waals surface area contributed by atoms with Crippen molar-refractivity contribution in [3.05, 3.63) is 77.6 Å². The number of alkyl halides is 3. The standard InChI is InChI=1S/C30H32F3N9OS/c1-19-4-3-9-40(14-19)17-24-10-27(44-39-24)38-28-29-35-13-25(42(29)15-20(2)37-28)22-12-36-41(16-22)18-26(43)34-11-21-5-7-23(8-6-21)30(31,32)33/h5-8,10,12-13,15-16,19H,3-4,9,11,14,17-18H2,1-2H3,(H,34,43)(H,37,38). The van der Waals surface area contributed by atoms with E-state index in [9.17, 15) is 18.0 Å². The second-order valence-electron chi connectivity index (χ2n) is 11.3. The fourth-order valence-electron chi connectivity index (χ4n) is 5.43. The highest BCUT2D eigenvalue weighted by Gasteiger charge is 2.30. The molecule has 5 heterocycles. The van der Waals surface area contributed by atoms with Crippen molar-refractivity contribution in [1.82, 2.24) is 38.7 Å². The molecule has 0 radical (unpaired) electrons. The molecule has 1 atom stereocenters. The zero-order valence-corrected chi connectivity index (χ0v) is 25.1. The van der Waals surface area contributed by atoms with Crippen LogP contribution < -0.4 is 10.6 Å². The molecule has 10 nitrogen and oxygen atoms in total. The van der Waals surface area contributed by atoms with Crippen LogP contribution in [0.3, 0.4) is 0 Å². The Balaban J connectivity index is 1.10. The van der Waals surface area contributed by atoms with E-state index in [0.717, 1.165) is 59.4 Å². The number of aromatic nitrogens is 6. The van der Waals surface area contributed by atoms with Gasteiger partial charge < -0.3 is 10.6 Å². The molecule has 1 unspecified atom stereocenters.